The Morgan fingerprint density at radius 2 is 2.09 bits per heavy atom. The van der Waals surface area contributed by atoms with Gasteiger partial charge in [0.15, 0.2) is 11.3 Å². The van der Waals surface area contributed by atoms with Crippen molar-refractivity contribution >= 4 is 11.6 Å². The Kier molecular flexibility index (Phi) is 4.28. The number of hydrogen-bond donors (Lipinski definition) is 1. The first kappa shape index (κ1) is 18.8. The summed E-state index contributed by atoms with van der Waals surface area (Å²) >= 11 is 0. The third kappa shape index (κ3) is 3.14. The summed E-state index contributed by atoms with van der Waals surface area (Å²) in [6, 6.07) is 9.26. The highest BCUT2D eigenvalue weighted by Gasteiger charge is 2.25. The van der Waals surface area contributed by atoms with Crippen LogP contribution in [0.15, 0.2) is 42.9 Å². The summed E-state index contributed by atoms with van der Waals surface area (Å²) in [7, 11) is 0. The first-order chi connectivity index (χ1) is 15.7. The number of benzene rings is 1. The van der Waals surface area contributed by atoms with Gasteiger partial charge in [0, 0.05) is 59.2 Å². The van der Waals surface area contributed by atoms with Crippen molar-refractivity contribution < 1.29 is 9.13 Å². The SMILES string of the molecule is N#Cc1cn2c(NCc3c(F)ccc4c3CCO4)ncc(-c3ccc(C4CC4)nc3)c2n1. The predicted molar refractivity (Wildman–Crippen MR) is 116 cm³/mol. The van der Waals surface area contributed by atoms with Gasteiger partial charge >= 0.3 is 0 Å². The number of hydrogen-bond acceptors (Lipinski definition) is 6. The summed E-state index contributed by atoms with van der Waals surface area (Å²) in [6.45, 7) is 0.807. The Bertz CT molecular complexity index is 1380. The lowest BCUT2D eigenvalue weighted by Crippen LogP contribution is -2.09. The Morgan fingerprint density at radius 3 is 2.88 bits per heavy atom. The van der Waals surface area contributed by atoms with Gasteiger partial charge in [0.05, 0.1) is 12.8 Å². The van der Waals surface area contributed by atoms with E-state index < -0.39 is 0 Å². The number of nitrogens with zero attached hydrogens (tertiary/aromatic N) is 5. The number of anilines is 1. The van der Waals surface area contributed by atoms with E-state index in [0.717, 1.165) is 28.1 Å². The quantitative estimate of drug-likeness (QED) is 0.514. The summed E-state index contributed by atoms with van der Waals surface area (Å²) < 4.78 is 21.8. The van der Waals surface area contributed by atoms with Crippen molar-refractivity contribution in [2.75, 3.05) is 11.9 Å². The van der Waals surface area contributed by atoms with Gasteiger partial charge in [0.1, 0.15) is 17.6 Å². The molecule has 0 amide bonds. The van der Waals surface area contributed by atoms with Crippen molar-refractivity contribution in [2.24, 2.45) is 0 Å². The summed E-state index contributed by atoms with van der Waals surface area (Å²) in [5.74, 6) is 1.51. The van der Waals surface area contributed by atoms with Crippen LogP contribution in [-0.4, -0.2) is 26.0 Å². The Labute approximate surface area is 183 Å². The first-order valence-electron chi connectivity index (χ1n) is 10.6. The topological polar surface area (TPSA) is 88.1 Å². The van der Waals surface area contributed by atoms with Crippen molar-refractivity contribution in [1.29, 1.82) is 5.26 Å². The van der Waals surface area contributed by atoms with Crippen LogP contribution in [0.1, 0.15) is 41.3 Å². The molecule has 0 bridgehead atoms. The van der Waals surface area contributed by atoms with Gasteiger partial charge in [-0.3, -0.25) is 9.38 Å². The number of pyridine rings is 1. The maximum Gasteiger partial charge on any atom is 0.208 e. The van der Waals surface area contributed by atoms with E-state index in [1.807, 2.05) is 18.3 Å². The number of ether oxygens (including phenoxy) is 1. The highest BCUT2D eigenvalue weighted by molar-refractivity contribution is 5.78. The second-order valence-corrected chi connectivity index (χ2v) is 8.13. The molecule has 1 aliphatic carbocycles. The first-order valence-corrected chi connectivity index (χ1v) is 10.6. The molecule has 0 unspecified atom stereocenters. The number of fused-ring (bicyclic) bond motifs is 2. The molecule has 7 nitrogen and oxygen atoms in total. The second kappa shape index (κ2) is 7.31. The van der Waals surface area contributed by atoms with Gasteiger partial charge in [0.2, 0.25) is 5.95 Å². The molecule has 1 N–H and O–H groups in total. The van der Waals surface area contributed by atoms with Crippen LogP contribution in [0, 0.1) is 17.1 Å². The molecular weight excluding hydrogens is 407 g/mol. The van der Waals surface area contributed by atoms with Crippen molar-refractivity contribution in [3.8, 4) is 22.9 Å². The fourth-order valence-corrected chi connectivity index (χ4v) is 4.22. The molecule has 6 rings (SSSR count). The van der Waals surface area contributed by atoms with Crippen LogP contribution in [0.4, 0.5) is 10.3 Å². The molecule has 1 saturated carbocycles. The standard InChI is InChI=1S/C24H19FN6O/c25-20-4-6-22-17(7-8-32-22)19(20)12-29-24-28-11-18(23-30-16(9-26)13-31(23)24)15-3-5-21(27-10-15)14-1-2-14/h3-6,10-11,13-14H,1-2,7-8,12H2,(H,28,29). The van der Waals surface area contributed by atoms with E-state index in [1.54, 1.807) is 22.9 Å². The van der Waals surface area contributed by atoms with E-state index in [1.165, 1.54) is 18.9 Å². The number of imidazole rings is 1. The van der Waals surface area contributed by atoms with Gasteiger partial charge in [0.25, 0.3) is 0 Å². The highest BCUT2D eigenvalue weighted by atomic mass is 19.1. The minimum atomic E-state index is -0.278. The van der Waals surface area contributed by atoms with Gasteiger partial charge in [-0.05, 0) is 31.0 Å². The Hall–Kier alpha value is -3.99. The lowest BCUT2D eigenvalue weighted by atomic mass is 10.0. The zero-order valence-electron chi connectivity index (χ0n) is 17.2. The molecule has 32 heavy (non-hydrogen) atoms. The van der Waals surface area contributed by atoms with Gasteiger partial charge < -0.3 is 10.1 Å². The lowest BCUT2D eigenvalue weighted by Gasteiger charge is -2.13. The summed E-state index contributed by atoms with van der Waals surface area (Å²) in [5, 5.41) is 12.6. The summed E-state index contributed by atoms with van der Waals surface area (Å²) in [5.41, 5.74) is 5.12. The molecule has 1 aromatic carbocycles. The largest absolute Gasteiger partial charge is 0.493 e. The molecule has 2 aliphatic rings. The van der Waals surface area contributed by atoms with Crippen molar-refractivity contribution in [1.82, 2.24) is 19.4 Å². The molecule has 4 aromatic rings. The van der Waals surface area contributed by atoms with Crippen LogP contribution < -0.4 is 10.1 Å². The molecule has 0 radical (unpaired) electrons. The van der Waals surface area contributed by atoms with Gasteiger partial charge in [-0.1, -0.05) is 6.07 Å². The Balaban J connectivity index is 1.36. The molecule has 0 saturated heterocycles. The Morgan fingerprint density at radius 1 is 1.19 bits per heavy atom. The number of halogens is 1. The number of nitrogens with one attached hydrogen (secondary N) is 1. The molecule has 158 valence electrons. The van der Waals surface area contributed by atoms with E-state index in [2.05, 4.69) is 26.3 Å². The van der Waals surface area contributed by atoms with Crippen LogP contribution in [0.25, 0.3) is 16.8 Å². The molecule has 8 heteroatoms. The average molecular weight is 426 g/mol. The van der Waals surface area contributed by atoms with E-state index in [-0.39, 0.29) is 18.1 Å². The van der Waals surface area contributed by atoms with Crippen LogP contribution in [0.2, 0.25) is 0 Å². The average Bonchev–Trinajstić information content (AvgIpc) is 3.39. The molecule has 4 heterocycles. The van der Waals surface area contributed by atoms with Crippen molar-refractivity contribution in [2.45, 2.75) is 31.7 Å². The third-order valence-corrected chi connectivity index (χ3v) is 6.06. The maximum absolute atomic E-state index is 14.5. The monoisotopic (exact) mass is 426 g/mol. The zero-order chi connectivity index (χ0) is 21.7. The third-order valence-electron chi connectivity index (χ3n) is 6.06. The minimum absolute atomic E-state index is 0.248. The predicted octanol–water partition coefficient (Wildman–Crippen LogP) is 4.23. The molecule has 3 aromatic heterocycles. The van der Waals surface area contributed by atoms with Crippen LogP contribution in [0.3, 0.4) is 0 Å². The fourth-order valence-electron chi connectivity index (χ4n) is 4.22. The highest BCUT2D eigenvalue weighted by Crippen LogP contribution is 2.39. The smallest absolute Gasteiger partial charge is 0.208 e. The van der Waals surface area contributed by atoms with E-state index in [9.17, 15) is 9.65 Å². The van der Waals surface area contributed by atoms with Gasteiger partial charge in [-0.15, -0.1) is 0 Å². The van der Waals surface area contributed by atoms with Gasteiger partial charge in [-0.2, -0.15) is 5.26 Å². The van der Waals surface area contributed by atoms with Crippen molar-refractivity contribution in [3.63, 3.8) is 0 Å². The summed E-state index contributed by atoms with van der Waals surface area (Å²) in [4.78, 5) is 13.6. The number of rotatable bonds is 5. The van der Waals surface area contributed by atoms with Crippen LogP contribution >= 0.6 is 0 Å². The van der Waals surface area contributed by atoms with Crippen molar-refractivity contribution in [3.05, 3.63) is 71.2 Å². The van der Waals surface area contributed by atoms with E-state index in [4.69, 9.17) is 4.74 Å². The van der Waals surface area contributed by atoms with E-state index >= 15 is 0 Å². The zero-order valence-corrected chi connectivity index (χ0v) is 17.2. The van der Waals surface area contributed by atoms with E-state index in [0.29, 0.717) is 36.1 Å². The van der Waals surface area contributed by atoms with Crippen LogP contribution in [0.5, 0.6) is 5.75 Å². The molecular formula is C24H19FN6O. The normalized spacial score (nSPS) is 14.8. The minimum Gasteiger partial charge on any atom is -0.493 e. The molecule has 0 spiro atoms. The molecule has 1 aliphatic heterocycles. The summed E-state index contributed by atoms with van der Waals surface area (Å²) in [6.07, 6.45) is 8.26. The second-order valence-electron chi connectivity index (χ2n) is 8.13. The van der Waals surface area contributed by atoms with Gasteiger partial charge in [-0.25, -0.2) is 14.4 Å². The number of aromatic nitrogens is 4. The maximum atomic E-state index is 14.5. The molecule has 1 fully saturated rings. The van der Waals surface area contributed by atoms with Crippen LogP contribution in [-0.2, 0) is 13.0 Å². The lowest BCUT2D eigenvalue weighted by molar-refractivity contribution is 0.356. The fraction of sp³-hybridized carbons (Fsp3) is 0.250. The number of nitriles is 1. The molecule has 0 atom stereocenters.